The number of rotatable bonds is 2. The Hall–Kier alpha value is -2.14. The van der Waals surface area contributed by atoms with Gasteiger partial charge < -0.3 is 0 Å². The standard InChI is InChI=1S/C14H12N2/c1-2-11-6-7-14(16-10-11)13-5-3-4-12(8-13)9-15/h3-8,10H,2H2,1H3. The maximum Gasteiger partial charge on any atom is 0.0991 e. The molecule has 2 heteroatoms. The van der Waals surface area contributed by atoms with E-state index in [-0.39, 0.29) is 0 Å². The van der Waals surface area contributed by atoms with E-state index in [0.29, 0.717) is 5.56 Å². The minimum absolute atomic E-state index is 0.666. The van der Waals surface area contributed by atoms with Gasteiger partial charge in [0.25, 0.3) is 0 Å². The first-order valence-corrected chi connectivity index (χ1v) is 5.29. The second kappa shape index (κ2) is 4.59. The largest absolute Gasteiger partial charge is 0.256 e. The van der Waals surface area contributed by atoms with Crippen LogP contribution in [0.5, 0.6) is 0 Å². The van der Waals surface area contributed by atoms with Crippen LogP contribution in [0.1, 0.15) is 18.1 Å². The van der Waals surface area contributed by atoms with E-state index in [1.807, 2.05) is 30.5 Å². The third kappa shape index (κ3) is 2.09. The molecule has 16 heavy (non-hydrogen) atoms. The number of benzene rings is 1. The minimum atomic E-state index is 0.666. The van der Waals surface area contributed by atoms with E-state index >= 15 is 0 Å². The van der Waals surface area contributed by atoms with E-state index in [4.69, 9.17) is 5.26 Å². The predicted octanol–water partition coefficient (Wildman–Crippen LogP) is 3.18. The van der Waals surface area contributed by atoms with E-state index in [9.17, 15) is 0 Å². The molecule has 0 atom stereocenters. The van der Waals surface area contributed by atoms with Crippen LogP contribution in [0.25, 0.3) is 11.3 Å². The number of pyridine rings is 1. The van der Waals surface area contributed by atoms with Gasteiger partial charge in [-0.15, -0.1) is 0 Å². The van der Waals surface area contributed by atoms with Gasteiger partial charge in [0.05, 0.1) is 17.3 Å². The van der Waals surface area contributed by atoms with Crippen molar-refractivity contribution in [2.45, 2.75) is 13.3 Å². The quantitative estimate of drug-likeness (QED) is 0.760. The molecule has 0 aliphatic carbocycles. The van der Waals surface area contributed by atoms with Gasteiger partial charge in [-0.3, -0.25) is 4.98 Å². The molecule has 1 aromatic heterocycles. The van der Waals surface area contributed by atoms with Crippen molar-refractivity contribution in [3.8, 4) is 17.3 Å². The summed E-state index contributed by atoms with van der Waals surface area (Å²) in [6.45, 7) is 2.10. The van der Waals surface area contributed by atoms with Gasteiger partial charge in [-0.1, -0.05) is 25.1 Å². The molecule has 1 heterocycles. The lowest BCUT2D eigenvalue weighted by atomic mass is 10.1. The summed E-state index contributed by atoms with van der Waals surface area (Å²) in [7, 11) is 0. The molecular formula is C14H12N2. The van der Waals surface area contributed by atoms with Crippen LogP contribution < -0.4 is 0 Å². The monoisotopic (exact) mass is 208 g/mol. The molecule has 2 nitrogen and oxygen atoms in total. The molecule has 78 valence electrons. The van der Waals surface area contributed by atoms with Crippen molar-refractivity contribution in [3.05, 3.63) is 53.7 Å². The first-order chi connectivity index (χ1) is 7.83. The predicted molar refractivity (Wildman–Crippen MR) is 63.8 cm³/mol. The van der Waals surface area contributed by atoms with Crippen LogP contribution >= 0.6 is 0 Å². The molecule has 2 rings (SSSR count). The molecule has 0 radical (unpaired) electrons. The van der Waals surface area contributed by atoms with Crippen LogP contribution in [0.2, 0.25) is 0 Å². The number of aryl methyl sites for hydroxylation is 1. The number of aromatic nitrogens is 1. The van der Waals surface area contributed by atoms with Crippen molar-refractivity contribution < 1.29 is 0 Å². The van der Waals surface area contributed by atoms with Crippen molar-refractivity contribution in [2.24, 2.45) is 0 Å². The fourth-order valence-electron chi connectivity index (χ4n) is 1.55. The maximum atomic E-state index is 8.82. The molecular weight excluding hydrogens is 196 g/mol. The molecule has 0 saturated carbocycles. The number of hydrogen-bond acceptors (Lipinski definition) is 2. The molecule has 0 aliphatic rings. The van der Waals surface area contributed by atoms with Crippen LogP contribution in [0.3, 0.4) is 0 Å². The lowest BCUT2D eigenvalue weighted by molar-refractivity contribution is 1.11. The SMILES string of the molecule is CCc1ccc(-c2cccc(C#N)c2)nc1. The summed E-state index contributed by atoms with van der Waals surface area (Å²) in [5.41, 5.74) is 3.79. The van der Waals surface area contributed by atoms with Gasteiger partial charge in [0.15, 0.2) is 0 Å². The van der Waals surface area contributed by atoms with E-state index < -0.39 is 0 Å². The molecule has 0 aliphatic heterocycles. The lowest BCUT2D eigenvalue weighted by Gasteiger charge is -2.02. The summed E-state index contributed by atoms with van der Waals surface area (Å²) in [4.78, 5) is 4.39. The Balaban J connectivity index is 2.39. The average Bonchev–Trinajstić information content (AvgIpc) is 2.39. The minimum Gasteiger partial charge on any atom is -0.256 e. The highest BCUT2D eigenvalue weighted by molar-refractivity contribution is 5.61. The number of nitrogens with zero attached hydrogens (tertiary/aromatic N) is 2. The zero-order valence-corrected chi connectivity index (χ0v) is 9.14. The molecule has 0 amide bonds. The normalized spacial score (nSPS) is 9.75. The van der Waals surface area contributed by atoms with E-state index in [2.05, 4.69) is 24.0 Å². The molecule has 0 N–H and O–H groups in total. The summed E-state index contributed by atoms with van der Waals surface area (Å²) in [5.74, 6) is 0. The highest BCUT2D eigenvalue weighted by atomic mass is 14.7. The lowest BCUT2D eigenvalue weighted by Crippen LogP contribution is -1.87. The van der Waals surface area contributed by atoms with Crippen molar-refractivity contribution in [1.82, 2.24) is 4.98 Å². The van der Waals surface area contributed by atoms with Crippen LogP contribution in [0, 0.1) is 11.3 Å². The third-order valence-electron chi connectivity index (χ3n) is 2.52. The molecule has 2 aromatic rings. The average molecular weight is 208 g/mol. The topological polar surface area (TPSA) is 36.7 Å². The first kappa shape index (κ1) is 10.4. The molecule has 0 saturated heterocycles. The molecule has 0 unspecified atom stereocenters. The Morgan fingerprint density at radius 3 is 2.75 bits per heavy atom. The Morgan fingerprint density at radius 1 is 1.25 bits per heavy atom. The Bertz CT molecular complexity index is 521. The molecule has 0 bridgehead atoms. The van der Waals surface area contributed by atoms with Crippen LogP contribution in [-0.4, -0.2) is 4.98 Å². The highest BCUT2D eigenvalue weighted by Crippen LogP contribution is 2.18. The molecule has 1 aromatic carbocycles. The van der Waals surface area contributed by atoms with Gasteiger partial charge in [-0.05, 0) is 30.2 Å². The Morgan fingerprint density at radius 2 is 2.12 bits per heavy atom. The Labute approximate surface area is 95.2 Å². The first-order valence-electron chi connectivity index (χ1n) is 5.29. The zero-order valence-electron chi connectivity index (χ0n) is 9.14. The van der Waals surface area contributed by atoms with Crippen LogP contribution in [0.4, 0.5) is 0 Å². The maximum absolute atomic E-state index is 8.82. The van der Waals surface area contributed by atoms with E-state index in [1.165, 1.54) is 5.56 Å². The summed E-state index contributed by atoms with van der Waals surface area (Å²) in [6.07, 6.45) is 2.87. The summed E-state index contributed by atoms with van der Waals surface area (Å²) in [6, 6.07) is 13.7. The molecule has 0 spiro atoms. The summed E-state index contributed by atoms with van der Waals surface area (Å²) >= 11 is 0. The van der Waals surface area contributed by atoms with Crippen molar-refractivity contribution >= 4 is 0 Å². The highest BCUT2D eigenvalue weighted by Gasteiger charge is 2.00. The second-order valence-corrected chi connectivity index (χ2v) is 3.60. The fourth-order valence-corrected chi connectivity index (χ4v) is 1.55. The van der Waals surface area contributed by atoms with Gasteiger partial charge >= 0.3 is 0 Å². The summed E-state index contributed by atoms with van der Waals surface area (Å²) < 4.78 is 0. The Kier molecular flexibility index (Phi) is 2.98. The number of nitriles is 1. The van der Waals surface area contributed by atoms with Crippen LogP contribution in [-0.2, 0) is 6.42 Å². The smallest absolute Gasteiger partial charge is 0.0991 e. The van der Waals surface area contributed by atoms with Gasteiger partial charge in [0.2, 0.25) is 0 Å². The molecule has 0 fully saturated rings. The van der Waals surface area contributed by atoms with Gasteiger partial charge in [-0.25, -0.2) is 0 Å². The summed E-state index contributed by atoms with van der Waals surface area (Å²) in [5, 5.41) is 8.82. The van der Waals surface area contributed by atoms with E-state index in [0.717, 1.165) is 17.7 Å². The van der Waals surface area contributed by atoms with Crippen molar-refractivity contribution in [1.29, 1.82) is 5.26 Å². The van der Waals surface area contributed by atoms with Crippen molar-refractivity contribution in [2.75, 3.05) is 0 Å². The van der Waals surface area contributed by atoms with Gasteiger partial charge in [0, 0.05) is 11.8 Å². The zero-order chi connectivity index (χ0) is 11.4. The van der Waals surface area contributed by atoms with E-state index in [1.54, 1.807) is 6.07 Å². The number of hydrogen-bond donors (Lipinski definition) is 0. The van der Waals surface area contributed by atoms with Gasteiger partial charge in [0.1, 0.15) is 0 Å². The van der Waals surface area contributed by atoms with Crippen LogP contribution in [0.15, 0.2) is 42.6 Å². The third-order valence-corrected chi connectivity index (χ3v) is 2.52. The van der Waals surface area contributed by atoms with Gasteiger partial charge in [-0.2, -0.15) is 5.26 Å². The fraction of sp³-hybridized carbons (Fsp3) is 0.143. The second-order valence-electron chi connectivity index (χ2n) is 3.60. The van der Waals surface area contributed by atoms with Crippen molar-refractivity contribution in [3.63, 3.8) is 0 Å².